The molecule has 106 valence electrons. The fourth-order valence-corrected chi connectivity index (χ4v) is 2.09. The van der Waals surface area contributed by atoms with E-state index in [1.54, 1.807) is 12.5 Å². The Labute approximate surface area is 118 Å². The van der Waals surface area contributed by atoms with Gasteiger partial charge in [0.15, 0.2) is 0 Å². The van der Waals surface area contributed by atoms with E-state index in [0.717, 1.165) is 12.0 Å². The number of nitrogens with one attached hydrogen (secondary N) is 1. The van der Waals surface area contributed by atoms with Gasteiger partial charge >= 0.3 is 0 Å². The lowest BCUT2D eigenvalue weighted by atomic mass is 10.0. The zero-order valence-corrected chi connectivity index (χ0v) is 11.6. The average molecular weight is 272 g/mol. The van der Waals surface area contributed by atoms with Gasteiger partial charge in [0.2, 0.25) is 0 Å². The summed E-state index contributed by atoms with van der Waals surface area (Å²) in [5, 5.41) is 3.01. The van der Waals surface area contributed by atoms with Crippen LogP contribution in [-0.4, -0.2) is 22.0 Å². The van der Waals surface area contributed by atoms with Gasteiger partial charge in [-0.1, -0.05) is 37.3 Å². The van der Waals surface area contributed by atoms with Crippen LogP contribution in [0.2, 0.25) is 0 Å². The number of imidazole rings is 1. The minimum atomic E-state index is -0.156. The summed E-state index contributed by atoms with van der Waals surface area (Å²) in [5.41, 5.74) is 7.00. The summed E-state index contributed by atoms with van der Waals surface area (Å²) < 4.78 is 1.82. The molecule has 2 rings (SSSR count). The number of nitrogens with two attached hydrogens (primary N) is 1. The van der Waals surface area contributed by atoms with Crippen molar-refractivity contribution in [3.63, 3.8) is 0 Å². The van der Waals surface area contributed by atoms with E-state index < -0.39 is 0 Å². The summed E-state index contributed by atoms with van der Waals surface area (Å²) >= 11 is 0. The van der Waals surface area contributed by atoms with E-state index >= 15 is 0 Å². The molecule has 1 aromatic carbocycles. The van der Waals surface area contributed by atoms with Gasteiger partial charge in [0.1, 0.15) is 5.69 Å². The van der Waals surface area contributed by atoms with Crippen LogP contribution in [-0.2, 0) is 6.54 Å². The SMILES string of the molecule is CCC(NC(=O)c1cn(CCN)cn1)c1ccccc1. The third-order valence-corrected chi connectivity index (χ3v) is 3.17. The molecule has 1 atom stereocenters. The van der Waals surface area contributed by atoms with E-state index in [4.69, 9.17) is 5.73 Å². The number of amides is 1. The molecule has 0 aliphatic heterocycles. The maximum absolute atomic E-state index is 12.2. The Kier molecular flexibility index (Phi) is 4.90. The minimum Gasteiger partial charge on any atom is -0.344 e. The van der Waals surface area contributed by atoms with Crippen LogP contribution in [0.3, 0.4) is 0 Å². The van der Waals surface area contributed by atoms with E-state index in [1.807, 2.05) is 41.8 Å². The molecule has 1 unspecified atom stereocenters. The monoisotopic (exact) mass is 272 g/mol. The molecule has 2 aromatic rings. The topological polar surface area (TPSA) is 72.9 Å². The highest BCUT2D eigenvalue weighted by Gasteiger charge is 2.15. The van der Waals surface area contributed by atoms with E-state index in [-0.39, 0.29) is 11.9 Å². The Morgan fingerprint density at radius 2 is 2.15 bits per heavy atom. The molecule has 5 heteroatoms. The second-order valence-corrected chi connectivity index (χ2v) is 4.63. The first-order valence-corrected chi connectivity index (χ1v) is 6.82. The molecule has 0 fully saturated rings. The number of rotatable bonds is 6. The highest BCUT2D eigenvalue weighted by atomic mass is 16.2. The molecule has 0 spiro atoms. The number of aromatic nitrogens is 2. The number of benzene rings is 1. The van der Waals surface area contributed by atoms with Gasteiger partial charge in [0.05, 0.1) is 12.4 Å². The number of hydrogen-bond acceptors (Lipinski definition) is 3. The molecule has 0 saturated heterocycles. The van der Waals surface area contributed by atoms with Crippen LogP contribution >= 0.6 is 0 Å². The zero-order valence-electron chi connectivity index (χ0n) is 11.6. The third-order valence-electron chi connectivity index (χ3n) is 3.17. The number of hydrogen-bond donors (Lipinski definition) is 2. The van der Waals surface area contributed by atoms with Crippen molar-refractivity contribution in [1.82, 2.24) is 14.9 Å². The number of carbonyl (C=O) groups is 1. The van der Waals surface area contributed by atoms with Crippen LogP contribution in [0.1, 0.15) is 35.4 Å². The lowest BCUT2D eigenvalue weighted by Gasteiger charge is -2.16. The van der Waals surface area contributed by atoms with Gasteiger partial charge in [-0.2, -0.15) is 0 Å². The average Bonchev–Trinajstić information content (AvgIpc) is 2.94. The molecule has 0 saturated carbocycles. The van der Waals surface area contributed by atoms with Crippen molar-refractivity contribution >= 4 is 5.91 Å². The summed E-state index contributed by atoms with van der Waals surface area (Å²) in [7, 11) is 0. The van der Waals surface area contributed by atoms with Crippen molar-refractivity contribution in [1.29, 1.82) is 0 Å². The van der Waals surface area contributed by atoms with Crippen LogP contribution in [0.4, 0.5) is 0 Å². The Morgan fingerprint density at radius 3 is 2.80 bits per heavy atom. The fraction of sp³-hybridized carbons (Fsp3) is 0.333. The van der Waals surface area contributed by atoms with Crippen molar-refractivity contribution < 1.29 is 4.79 Å². The first-order chi connectivity index (χ1) is 9.74. The van der Waals surface area contributed by atoms with Gasteiger partial charge in [-0.25, -0.2) is 4.98 Å². The maximum atomic E-state index is 12.2. The quantitative estimate of drug-likeness (QED) is 0.841. The number of carbonyl (C=O) groups excluding carboxylic acids is 1. The van der Waals surface area contributed by atoms with Gasteiger partial charge < -0.3 is 15.6 Å². The van der Waals surface area contributed by atoms with Gasteiger partial charge in [0.25, 0.3) is 5.91 Å². The van der Waals surface area contributed by atoms with Gasteiger partial charge in [-0.3, -0.25) is 4.79 Å². The number of nitrogens with zero attached hydrogens (tertiary/aromatic N) is 2. The second kappa shape index (κ2) is 6.86. The minimum absolute atomic E-state index is 0.00311. The van der Waals surface area contributed by atoms with E-state index in [0.29, 0.717) is 18.8 Å². The molecule has 0 radical (unpaired) electrons. The summed E-state index contributed by atoms with van der Waals surface area (Å²) in [6.07, 6.45) is 4.18. The standard InChI is InChI=1S/C15H20N4O/c1-2-13(12-6-4-3-5-7-12)18-15(20)14-10-19(9-8-16)11-17-14/h3-7,10-11,13H,2,8-9,16H2,1H3,(H,18,20). The second-order valence-electron chi connectivity index (χ2n) is 4.63. The van der Waals surface area contributed by atoms with Crippen LogP contribution in [0.25, 0.3) is 0 Å². The Morgan fingerprint density at radius 1 is 1.40 bits per heavy atom. The molecule has 3 N–H and O–H groups in total. The van der Waals surface area contributed by atoms with Crippen LogP contribution < -0.4 is 11.1 Å². The van der Waals surface area contributed by atoms with Crippen LogP contribution in [0.15, 0.2) is 42.9 Å². The predicted octanol–water partition coefficient (Wildman–Crippen LogP) is 1.72. The van der Waals surface area contributed by atoms with Crippen molar-refractivity contribution in [3.8, 4) is 0 Å². The van der Waals surface area contributed by atoms with Gasteiger partial charge in [0, 0.05) is 19.3 Å². The molecule has 0 bridgehead atoms. The maximum Gasteiger partial charge on any atom is 0.271 e. The van der Waals surface area contributed by atoms with Gasteiger partial charge in [-0.15, -0.1) is 0 Å². The predicted molar refractivity (Wildman–Crippen MR) is 78.2 cm³/mol. The third kappa shape index (κ3) is 3.45. The lowest BCUT2D eigenvalue weighted by Crippen LogP contribution is -2.28. The molecular weight excluding hydrogens is 252 g/mol. The van der Waals surface area contributed by atoms with Gasteiger partial charge in [-0.05, 0) is 12.0 Å². The first-order valence-electron chi connectivity index (χ1n) is 6.82. The van der Waals surface area contributed by atoms with Crippen LogP contribution in [0, 0.1) is 0 Å². The summed E-state index contributed by atoms with van der Waals surface area (Å²) in [6, 6.07) is 9.94. The molecule has 5 nitrogen and oxygen atoms in total. The Balaban J connectivity index is 2.05. The summed E-state index contributed by atoms with van der Waals surface area (Å²) in [4.78, 5) is 16.3. The van der Waals surface area contributed by atoms with Crippen molar-refractivity contribution in [3.05, 3.63) is 54.1 Å². The fourth-order valence-electron chi connectivity index (χ4n) is 2.09. The van der Waals surface area contributed by atoms with E-state index in [9.17, 15) is 4.79 Å². The molecule has 1 aromatic heterocycles. The Hall–Kier alpha value is -2.14. The van der Waals surface area contributed by atoms with Crippen molar-refractivity contribution in [2.45, 2.75) is 25.9 Å². The zero-order chi connectivity index (χ0) is 14.4. The smallest absolute Gasteiger partial charge is 0.271 e. The molecule has 1 heterocycles. The van der Waals surface area contributed by atoms with Crippen molar-refractivity contribution in [2.75, 3.05) is 6.54 Å². The molecule has 0 aliphatic carbocycles. The lowest BCUT2D eigenvalue weighted by molar-refractivity contribution is 0.0931. The van der Waals surface area contributed by atoms with E-state index in [1.165, 1.54) is 0 Å². The van der Waals surface area contributed by atoms with Crippen molar-refractivity contribution in [2.24, 2.45) is 5.73 Å². The van der Waals surface area contributed by atoms with Crippen LogP contribution in [0.5, 0.6) is 0 Å². The normalized spacial score (nSPS) is 12.1. The summed E-state index contributed by atoms with van der Waals surface area (Å²) in [5.74, 6) is -0.156. The first kappa shape index (κ1) is 14.3. The molecule has 20 heavy (non-hydrogen) atoms. The molecule has 1 amide bonds. The summed E-state index contributed by atoms with van der Waals surface area (Å²) in [6.45, 7) is 3.24. The van der Waals surface area contributed by atoms with E-state index in [2.05, 4.69) is 10.3 Å². The molecular formula is C15H20N4O. The highest BCUT2D eigenvalue weighted by molar-refractivity contribution is 5.92. The Bertz CT molecular complexity index is 550. The highest BCUT2D eigenvalue weighted by Crippen LogP contribution is 2.16. The largest absolute Gasteiger partial charge is 0.344 e. The molecule has 0 aliphatic rings.